The van der Waals surface area contributed by atoms with Gasteiger partial charge in [-0.05, 0) is 31.4 Å². The lowest BCUT2D eigenvalue weighted by Gasteiger charge is -2.21. The van der Waals surface area contributed by atoms with Gasteiger partial charge in [-0.25, -0.2) is 0 Å². The van der Waals surface area contributed by atoms with Gasteiger partial charge >= 0.3 is 0 Å². The molecule has 0 amide bonds. The average molecular weight is 247 g/mol. The number of benzene rings is 1. The lowest BCUT2D eigenvalue weighted by Crippen LogP contribution is -2.38. The van der Waals surface area contributed by atoms with Crippen LogP contribution in [0.3, 0.4) is 0 Å². The van der Waals surface area contributed by atoms with Crippen molar-refractivity contribution in [1.29, 1.82) is 0 Å². The Morgan fingerprint density at radius 1 is 1.28 bits per heavy atom. The zero-order chi connectivity index (χ0) is 12.6. The minimum Gasteiger partial charge on any atom is -0.491 e. The van der Waals surface area contributed by atoms with Crippen LogP contribution in [0.1, 0.15) is 19.3 Å². The summed E-state index contributed by atoms with van der Waals surface area (Å²) in [4.78, 5) is 0. The molecule has 2 atom stereocenters. The Bertz CT molecular complexity index is 364. The van der Waals surface area contributed by atoms with Crippen molar-refractivity contribution in [3.8, 4) is 5.75 Å². The summed E-state index contributed by atoms with van der Waals surface area (Å²) in [5.41, 5.74) is 0. The van der Waals surface area contributed by atoms with Crippen LogP contribution in [0.4, 0.5) is 0 Å². The molecule has 0 aromatic heterocycles. The Kier molecular flexibility index (Phi) is 5.24. The first-order chi connectivity index (χ1) is 8.84. The average Bonchev–Trinajstić information content (AvgIpc) is 2.45. The van der Waals surface area contributed by atoms with Crippen molar-refractivity contribution in [2.45, 2.75) is 31.4 Å². The molecule has 3 nitrogen and oxygen atoms in total. The van der Waals surface area contributed by atoms with E-state index < -0.39 is 6.10 Å². The molecule has 1 aromatic carbocycles. The molecular formula is C15H21NO2. The number of rotatable bonds is 6. The van der Waals surface area contributed by atoms with Gasteiger partial charge in [0.05, 0.1) is 0 Å². The van der Waals surface area contributed by atoms with E-state index in [0.717, 1.165) is 25.0 Å². The molecule has 98 valence electrons. The molecule has 0 saturated heterocycles. The lowest BCUT2D eigenvalue weighted by molar-refractivity contribution is 0.103. The normalized spacial score (nSPS) is 20.6. The second-order valence-corrected chi connectivity index (χ2v) is 4.67. The number of ether oxygens (including phenoxy) is 1. The number of para-hydroxylation sites is 1. The first kappa shape index (κ1) is 13.1. The van der Waals surface area contributed by atoms with Gasteiger partial charge in [0.1, 0.15) is 18.5 Å². The van der Waals surface area contributed by atoms with Crippen LogP contribution in [0, 0.1) is 0 Å². The van der Waals surface area contributed by atoms with E-state index in [1.54, 1.807) is 0 Å². The van der Waals surface area contributed by atoms with E-state index in [2.05, 4.69) is 17.5 Å². The summed E-state index contributed by atoms with van der Waals surface area (Å²) in [6.07, 6.45) is 7.31. The van der Waals surface area contributed by atoms with Crippen LogP contribution in [0.25, 0.3) is 0 Å². The van der Waals surface area contributed by atoms with Crippen LogP contribution >= 0.6 is 0 Å². The molecule has 0 aliphatic heterocycles. The van der Waals surface area contributed by atoms with Gasteiger partial charge in [0.15, 0.2) is 0 Å². The molecule has 2 N–H and O–H groups in total. The van der Waals surface area contributed by atoms with E-state index in [1.165, 1.54) is 0 Å². The van der Waals surface area contributed by atoms with Crippen LogP contribution in [0.5, 0.6) is 5.75 Å². The van der Waals surface area contributed by atoms with Gasteiger partial charge in [-0.3, -0.25) is 0 Å². The Morgan fingerprint density at radius 3 is 2.83 bits per heavy atom. The molecule has 1 aliphatic carbocycles. The van der Waals surface area contributed by atoms with Crippen molar-refractivity contribution in [2.75, 3.05) is 13.2 Å². The van der Waals surface area contributed by atoms with Gasteiger partial charge in [0.2, 0.25) is 0 Å². The van der Waals surface area contributed by atoms with E-state index in [-0.39, 0.29) is 0 Å². The summed E-state index contributed by atoms with van der Waals surface area (Å²) in [5.74, 6) is 0.803. The van der Waals surface area contributed by atoms with Crippen molar-refractivity contribution in [3.05, 3.63) is 42.5 Å². The van der Waals surface area contributed by atoms with Crippen molar-refractivity contribution >= 4 is 0 Å². The number of hydrogen-bond acceptors (Lipinski definition) is 3. The summed E-state index contributed by atoms with van der Waals surface area (Å²) < 4.78 is 5.50. The summed E-state index contributed by atoms with van der Waals surface area (Å²) in [6, 6.07) is 10.1. The quantitative estimate of drug-likeness (QED) is 0.757. The molecule has 0 fully saturated rings. The third-order valence-corrected chi connectivity index (χ3v) is 3.10. The van der Waals surface area contributed by atoms with Gasteiger partial charge in [-0.15, -0.1) is 0 Å². The predicted molar refractivity (Wildman–Crippen MR) is 72.7 cm³/mol. The third-order valence-electron chi connectivity index (χ3n) is 3.10. The molecule has 1 aromatic rings. The Labute approximate surface area is 108 Å². The first-order valence-corrected chi connectivity index (χ1v) is 6.59. The molecule has 0 spiro atoms. The second-order valence-electron chi connectivity index (χ2n) is 4.67. The van der Waals surface area contributed by atoms with Crippen molar-refractivity contribution in [3.63, 3.8) is 0 Å². The Balaban J connectivity index is 1.63. The number of aliphatic hydroxyl groups is 1. The van der Waals surface area contributed by atoms with Crippen LogP contribution < -0.4 is 10.1 Å². The molecule has 3 heteroatoms. The second kappa shape index (κ2) is 7.19. The third kappa shape index (κ3) is 4.51. The zero-order valence-corrected chi connectivity index (χ0v) is 10.6. The highest BCUT2D eigenvalue weighted by Crippen LogP contribution is 2.11. The smallest absolute Gasteiger partial charge is 0.119 e. The maximum Gasteiger partial charge on any atom is 0.119 e. The Hall–Kier alpha value is -1.32. The molecule has 2 unspecified atom stereocenters. The monoisotopic (exact) mass is 247 g/mol. The number of hydrogen-bond donors (Lipinski definition) is 2. The van der Waals surface area contributed by atoms with Gasteiger partial charge < -0.3 is 15.2 Å². The molecule has 0 saturated carbocycles. The van der Waals surface area contributed by atoms with E-state index in [1.807, 2.05) is 30.3 Å². The SMILES string of the molecule is OC(CNC1CC=CCC1)COc1ccccc1. The number of nitrogens with one attached hydrogen (secondary N) is 1. The summed E-state index contributed by atoms with van der Waals surface area (Å²) >= 11 is 0. The fourth-order valence-corrected chi connectivity index (χ4v) is 2.05. The highest BCUT2D eigenvalue weighted by Gasteiger charge is 2.11. The van der Waals surface area contributed by atoms with Gasteiger partial charge in [-0.2, -0.15) is 0 Å². The molecular weight excluding hydrogens is 226 g/mol. The van der Waals surface area contributed by atoms with Crippen molar-refractivity contribution in [1.82, 2.24) is 5.32 Å². The highest BCUT2D eigenvalue weighted by atomic mass is 16.5. The van der Waals surface area contributed by atoms with E-state index >= 15 is 0 Å². The van der Waals surface area contributed by atoms with Crippen LogP contribution in [0.2, 0.25) is 0 Å². The summed E-state index contributed by atoms with van der Waals surface area (Å²) in [7, 11) is 0. The highest BCUT2D eigenvalue weighted by molar-refractivity contribution is 5.20. The van der Waals surface area contributed by atoms with Crippen LogP contribution in [-0.2, 0) is 0 Å². The minimum atomic E-state index is -0.462. The number of allylic oxidation sites excluding steroid dienone is 1. The maximum absolute atomic E-state index is 9.84. The summed E-state index contributed by atoms with van der Waals surface area (Å²) in [6.45, 7) is 0.922. The van der Waals surface area contributed by atoms with E-state index in [4.69, 9.17) is 4.74 Å². The molecule has 0 radical (unpaired) electrons. The van der Waals surface area contributed by atoms with Crippen molar-refractivity contribution < 1.29 is 9.84 Å². The molecule has 0 heterocycles. The van der Waals surface area contributed by atoms with Gasteiger partial charge in [0.25, 0.3) is 0 Å². The standard InChI is InChI=1S/C15H21NO2/c17-14(11-16-13-7-3-1-4-8-13)12-18-15-9-5-2-6-10-15/h1-3,5-6,9-10,13-14,16-17H,4,7-8,11-12H2. The topological polar surface area (TPSA) is 41.5 Å². The summed E-state index contributed by atoms with van der Waals surface area (Å²) in [5, 5.41) is 13.2. The van der Waals surface area contributed by atoms with E-state index in [9.17, 15) is 5.11 Å². The van der Waals surface area contributed by atoms with Crippen LogP contribution in [-0.4, -0.2) is 30.4 Å². The molecule has 1 aliphatic rings. The fourth-order valence-electron chi connectivity index (χ4n) is 2.05. The van der Waals surface area contributed by atoms with E-state index in [0.29, 0.717) is 19.2 Å². The molecule has 18 heavy (non-hydrogen) atoms. The minimum absolute atomic E-state index is 0.333. The predicted octanol–water partition coefficient (Wildman–Crippen LogP) is 2.12. The zero-order valence-electron chi connectivity index (χ0n) is 10.6. The van der Waals surface area contributed by atoms with Crippen molar-refractivity contribution in [2.24, 2.45) is 0 Å². The molecule has 0 bridgehead atoms. The molecule has 2 rings (SSSR count). The first-order valence-electron chi connectivity index (χ1n) is 6.59. The Morgan fingerprint density at radius 2 is 2.11 bits per heavy atom. The maximum atomic E-state index is 9.84. The van der Waals surface area contributed by atoms with Gasteiger partial charge in [0, 0.05) is 12.6 Å². The lowest BCUT2D eigenvalue weighted by atomic mass is 10.0. The number of aliphatic hydroxyl groups excluding tert-OH is 1. The van der Waals surface area contributed by atoms with Gasteiger partial charge in [-0.1, -0.05) is 30.4 Å². The largest absolute Gasteiger partial charge is 0.491 e. The fraction of sp³-hybridized carbons (Fsp3) is 0.467. The van der Waals surface area contributed by atoms with Crippen LogP contribution in [0.15, 0.2) is 42.5 Å².